The fraction of sp³-hybridized carbons (Fsp3) is 1.00. The van der Waals surface area contributed by atoms with Crippen molar-refractivity contribution < 1.29 is 5.11 Å². The van der Waals surface area contributed by atoms with E-state index in [1.807, 2.05) is 0 Å². The number of aliphatic hydroxyl groups excluding tert-OH is 1. The smallest absolute Gasteiger partial charge is 0.0568 e. The van der Waals surface area contributed by atoms with Gasteiger partial charge in [0, 0.05) is 0 Å². The predicted molar refractivity (Wildman–Crippen MR) is 52.1 cm³/mol. The Balaban J connectivity index is 2.27. The summed E-state index contributed by atoms with van der Waals surface area (Å²) in [6.07, 6.45) is 10.1. The minimum atomic E-state index is -0.00639. The van der Waals surface area contributed by atoms with Crippen LogP contribution in [-0.2, 0) is 0 Å². The lowest BCUT2D eigenvalue weighted by atomic mass is 9.91. The molecule has 72 valence electrons. The fourth-order valence-corrected chi connectivity index (χ4v) is 2.23. The molecule has 1 atom stereocenters. The van der Waals surface area contributed by atoms with Gasteiger partial charge in [-0.1, -0.05) is 39.0 Å². The van der Waals surface area contributed by atoms with Gasteiger partial charge in [0.05, 0.1) is 6.10 Å². The molecule has 0 unspecified atom stereocenters. The average molecular weight is 170 g/mol. The van der Waals surface area contributed by atoms with Crippen molar-refractivity contribution in [2.75, 3.05) is 0 Å². The van der Waals surface area contributed by atoms with E-state index in [0.717, 1.165) is 12.8 Å². The third-order valence-electron chi connectivity index (χ3n) is 3.03. The molecule has 1 fully saturated rings. The molecule has 1 saturated carbocycles. The van der Waals surface area contributed by atoms with E-state index >= 15 is 0 Å². The maximum absolute atomic E-state index is 9.80. The molecule has 1 aliphatic carbocycles. The molecule has 0 spiro atoms. The molecule has 0 aromatic heterocycles. The molecular formula is C11H22O. The highest BCUT2D eigenvalue weighted by atomic mass is 16.3. The lowest BCUT2D eigenvalue weighted by molar-refractivity contribution is 0.0894. The highest BCUT2D eigenvalue weighted by molar-refractivity contribution is 4.71. The van der Waals surface area contributed by atoms with Crippen molar-refractivity contribution in [2.45, 2.75) is 64.4 Å². The third kappa shape index (κ3) is 3.14. The Morgan fingerprint density at radius 1 is 1.17 bits per heavy atom. The first-order chi connectivity index (χ1) is 5.84. The molecule has 0 aromatic carbocycles. The minimum Gasteiger partial charge on any atom is -0.393 e. The zero-order valence-corrected chi connectivity index (χ0v) is 8.26. The Morgan fingerprint density at radius 2 is 1.75 bits per heavy atom. The highest BCUT2D eigenvalue weighted by Gasteiger charge is 2.19. The van der Waals surface area contributed by atoms with Gasteiger partial charge in [-0.3, -0.25) is 0 Å². The monoisotopic (exact) mass is 170 g/mol. The van der Waals surface area contributed by atoms with Crippen LogP contribution in [0.3, 0.4) is 0 Å². The van der Waals surface area contributed by atoms with Gasteiger partial charge < -0.3 is 5.11 Å². The SMILES string of the molecule is CCC[C@@H](O)C1CCCCCC1. The Bertz CT molecular complexity index is 104. The fourth-order valence-electron chi connectivity index (χ4n) is 2.23. The predicted octanol–water partition coefficient (Wildman–Crippen LogP) is 3.12. The van der Waals surface area contributed by atoms with Crippen molar-refractivity contribution in [1.29, 1.82) is 0 Å². The van der Waals surface area contributed by atoms with E-state index in [1.165, 1.54) is 38.5 Å². The van der Waals surface area contributed by atoms with Crippen LogP contribution < -0.4 is 0 Å². The van der Waals surface area contributed by atoms with Crippen LogP contribution >= 0.6 is 0 Å². The average Bonchev–Trinajstić information content (AvgIpc) is 2.32. The molecule has 0 heterocycles. The van der Waals surface area contributed by atoms with Crippen molar-refractivity contribution in [3.63, 3.8) is 0 Å². The van der Waals surface area contributed by atoms with Gasteiger partial charge in [-0.2, -0.15) is 0 Å². The van der Waals surface area contributed by atoms with Crippen molar-refractivity contribution in [3.8, 4) is 0 Å². The van der Waals surface area contributed by atoms with Gasteiger partial charge in [0.1, 0.15) is 0 Å². The Labute approximate surface area is 76.2 Å². The second kappa shape index (κ2) is 5.58. The lowest BCUT2D eigenvalue weighted by Gasteiger charge is -2.20. The first kappa shape index (κ1) is 10.0. The van der Waals surface area contributed by atoms with Gasteiger partial charge >= 0.3 is 0 Å². The maximum Gasteiger partial charge on any atom is 0.0568 e. The number of aliphatic hydroxyl groups is 1. The van der Waals surface area contributed by atoms with Crippen LogP contribution in [0.15, 0.2) is 0 Å². The standard InChI is InChI=1S/C11H22O/c1-2-7-11(12)10-8-5-3-4-6-9-10/h10-12H,2-9H2,1H3/t11-/m1/s1. The topological polar surface area (TPSA) is 20.2 Å². The van der Waals surface area contributed by atoms with E-state index in [0.29, 0.717) is 5.92 Å². The minimum absolute atomic E-state index is 0.00639. The summed E-state index contributed by atoms with van der Waals surface area (Å²) in [6, 6.07) is 0. The van der Waals surface area contributed by atoms with Gasteiger partial charge in [-0.05, 0) is 25.2 Å². The van der Waals surface area contributed by atoms with E-state index in [2.05, 4.69) is 6.92 Å². The maximum atomic E-state index is 9.80. The number of hydrogen-bond acceptors (Lipinski definition) is 1. The molecule has 12 heavy (non-hydrogen) atoms. The molecule has 1 aliphatic rings. The zero-order chi connectivity index (χ0) is 8.81. The van der Waals surface area contributed by atoms with Crippen LogP contribution in [0, 0.1) is 5.92 Å². The second-order valence-electron chi connectivity index (χ2n) is 4.11. The Kier molecular flexibility index (Phi) is 4.67. The van der Waals surface area contributed by atoms with Crippen LogP contribution in [-0.4, -0.2) is 11.2 Å². The lowest BCUT2D eigenvalue weighted by Crippen LogP contribution is -2.19. The summed E-state index contributed by atoms with van der Waals surface area (Å²) in [5.74, 6) is 0.618. The summed E-state index contributed by atoms with van der Waals surface area (Å²) >= 11 is 0. The van der Waals surface area contributed by atoms with Gasteiger partial charge in [-0.15, -0.1) is 0 Å². The normalized spacial score (nSPS) is 23.5. The molecule has 0 radical (unpaired) electrons. The molecule has 1 N–H and O–H groups in total. The molecule has 0 aromatic rings. The first-order valence-corrected chi connectivity index (χ1v) is 5.52. The van der Waals surface area contributed by atoms with E-state index in [1.54, 1.807) is 0 Å². The van der Waals surface area contributed by atoms with Crippen molar-refractivity contribution in [3.05, 3.63) is 0 Å². The van der Waals surface area contributed by atoms with Gasteiger partial charge in [0.25, 0.3) is 0 Å². The van der Waals surface area contributed by atoms with E-state index < -0.39 is 0 Å². The molecule has 0 aliphatic heterocycles. The van der Waals surface area contributed by atoms with Crippen LogP contribution in [0.4, 0.5) is 0 Å². The van der Waals surface area contributed by atoms with Gasteiger partial charge in [-0.25, -0.2) is 0 Å². The van der Waals surface area contributed by atoms with Gasteiger partial charge in [0.15, 0.2) is 0 Å². The summed E-state index contributed by atoms with van der Waals surface area (Å²) < 4.78 is 0. The van der Waals surface area contributed by atoms with Crippen LogP contribution in [0.5, 0.6) is 0 Å². The van der Waals surface area contributed by atoms with Crippen molar-refractivity contribution in [2.24, 2.45) is 5.92 Å². The summed E-state index contributed by atoms with van der Waals surface area (Å²) in [5.41, 5.74) is 0. The zero-order valence-electron chi connectivity index (χ0n) is 8.26. The summed E-state index contributed by atoms with van der Waals surface area (Å²) in [4.78, 5) is 0. The van der Waals surface area contributed by atoms with Crippen molar-refractivity contribution >= 4 is 0 Å². The number of hydrogen-bond donors (Lipinski definition) is 1. The summed E-state index contributed by atoms with van der Waals surface area (Å²) in [7, 11) is 0. The molecule has 1 rings (SSSR count). The Hall–Kier alpha value is -0.0400. The van der Waals surface area contributed by atoms with E-state index in [4.69, 9.17) is 0 Å². The first-order valence-electron chi connectivity index (χ1n) is 5.52. The largest absolute Gasteiger partial charge is 0.393 e. The molecule has 0 amide bonds. The summed E-state index contributed by atoms with van der Waals surface area (Å²) in [5, 5.41) is 9.80. The molecule has 1 nitrogen and oxygen atoms in total. The van der Waals surface area contributed by atoms with Crippen LogP contribution in [0.25, 0.3) is 0 Å². The number of rotatable bonds is 3. The Morgan fingerprint density at radius 3 is 2.25 bits per heavy atom. The molecule has 1 heteroatoms. The molecular weight excluding hydrogens is 148 g/mol. The van der Waals surface area contributed by atoms with E-state index in [9.17, 15) is 5.11 Å². The molecule has 0 bridgehead atoms. The highest BCUT2D eigenvalue weighted by Crippen LogP contribution is 2.27. The van der Waals surface area contributed by atoms with Crippen molar-refractivity contribution in [1.82, 2.24) is 0 Å². The van der Waals surface area contributed by atoms with Gasteiger partial charge in [0.2, 0.25) is 0 Å². The van der Waals surface area contributed by atoms with Crippen LogP contribution in [0.2, 0.25) is 0 Å². The third-order valence-corrected chi connectivity index (χ3v) is 3.03. The van der Waals surface area contributed by atoms with E-state index in [-0.39, 0.29) is 6.10 Å². The summed E-state index contributed by atoms with van der Waals surface area (Å²) in [6.45, 7) is 2.15. The quantitative estimate of drug-likeness (QED) is 0.645. The van der Waals surface area contributed by atoms with Crippen LogP contribution in [0.1, 0.15) is 58.3 Å². The second-order valence-corrected chi connectivity index (χ2v) is 4.11. The molecule has 0 saturated heterocycles.